The average molecular weight is 403 g/mol. The van der Waals surface area contributed by atoms with Crippen LogP contribution in [-0.2, 0) is 6.42 Å². The fourth-order valence-corrected chi connectivity index (χ4v) is 3.16. The topological polar surface area (TPSA) is 29.1 Å². The first kappa shape index (κ1) is 14.8. The summed E-state index contributed by atoms with van der Waals surface area (Å²) in [4.78, 5) is 12.0. The Morgan fingerprint density at radius 3 is 2.58 bits per heavy atom. The van der Waals surface area contributed by atoms with Gasteiger partial charge in [-0.15, -0.1) is 11.3 Å². The van der Waals surface area contributed by atoms with Crippen LogP contribution >= 0.6 is 43.2 Å². The zero-order chi connectivity index (χ0) is 13.8. The van der Waals surface area contributed by atoms with E-state index in [9.17, 15) is 4.79 Å². The van der Waals surface area contributed by atoms with Gasteiger partial charge in [0, 0.05) is 15.9 Å². The van der Waals surface area contributed by atoms with Crippen molar-refractivity contribution in [2.75, 3.05) is 0 Å². The van der Waals surface area contributed by atoms with E-state index in [1.807, 2.05) is 30.5 Å². The summed E-state index contributed by atoms with van der Waals surface area (Å²) in [6.07, 6.45) is 0.824. The minimum atomic E-state index is -0.0217. The summed E-state index contributed by atoms with van der Waals surface area (Å²) >= 11 is 8.29. The number of hydrogen-bond acceptors (Lipinski definition) is 2. The Bertz CT molecular complexity index is 565. The van der Waals surface area contributed by atoms with Gasteiger partial charge in [0.05, 0.1) is 9.35 Å². The standard InChI is InChI=1S/C14H13Br2NOS/c1-9(6-10-2-4-12(15)5-3-10)17-14(18)11-7-13(16)19-8-11/h2-5,7-9H,6H2,1H3,(H,17,18). The Hall–Kier alpha value is -0.650. The second-order valence-corrected chi connectivity index (χ2v) is 7.55. The molecule has 1 N–H and O–H groups in total. The normalized spacial score (nSPS) is 12.2. The van der Waals surface area contributed by atoms with Gasteiger partial charge in [-0.2, -0.15) is 0 Å². The molecule has 2 aromatic rings. The van der Waals surface area contributed by atoms with Gasteiger partial charge in [-0.3, -0.25) is 4.79 Å². The van der Waals surface area contributed by atoms with Crippen molar-refractivity contribution in [3.05, 3.63) is 55.1 Å². The molecule has 2 rings (SSSR count). The lowest BCUT2D eigenvalue weighted by Gasteiger charge is -2.13. The molecule has 0 bridgehead atoms. The molecule has 0 aliphatic heterocycles. The van der Waals surface area contributed by atoms with Crippen molar-refractivity contribution in [3.8, 4) is 0 Å². The molecule has 0 radical (unpaired) electrons. The molecule has 2 nitrogen and oxygen atoms in total. The van der Waals surface area contributed by atoms with Gasteiger partial charge in [0.1, 0.15) is 0 Å². The third kappa shape index (κ3) is 4.44. The summed E-state index contributed by atoms with van der Waals surface area (Å²) in [7, 11) is 0. The van der Waals surface area contributed by atoms with E-state index in [2.05, 4.69) is 49.3 Å². The minimum Gasteiger partial charge on any atom is -0.349 e. The molecule has 0 aliphatic rings. The molecule has 1 atom stereocenters. The number of benzene rings is 1. The minimum absolute atomic E-state index is 0.0217. The van der Waals surface area contributed by atoms with Crippen LogP contribution < -0.4 is 5.32 Å². The van der Waals surface area contributed by atoms with Crippen molar-refractivity contribution in [2.24, 2.45) is 0 Å². The summed E-state index contributed by atoms with van der Waals surface area (Å²) in [5, 5.41) is 4.86. The SMILES string of the molecule is CC(Cc1ccc(Br)cc1)NC(=O)c1csc(Br)c1. The molecule has 0 saturated carbocycles. The fourth-order valence-electron chi connectivity index (χ4n) is 1.76. The molecule has 1 unspecified atom stereocenters. The predicted molar refractivity (Wildman–Crippen MR) is 86.8 cm³/mol. The molecule has 0 saturated heterocycles. The van der Waals surface area contributed by atoms with E-state index in [4.69, 9.17) is 0 Å². The van der Waals surface area contributed by atoms with Crippen LogP contribution in [0.1, 0.15) is 22.8 Å². The van der Waals surface area contributed by atoms with Gasteiger partial charge in [0.25, 0.3) is 5.91 Å². The summed E-state index contributed by atoms with van der Waals surface area (Å²) in [6.45, 7) is 2.02. The van der Waals surface area contributed by atoms with Gasteiger partial charge in [0.15, 0.2) is 0 Å². The first-order chi connectivity index (χ1) is 9.04. The van der Waals surface area contributed by atoms with Crippen LogP contribution in [0.2, 0.25) is 0 Å². The highest BCUT2D eigenvalue weighted by molar-refractivity contribution is 9.11. The second-order valence-electron chi connectivity index (χ2n) is 4.34. The molecule has 1 aromatic heterocycles. The monoisotopic (exact) mass is 401 g/mol. The number of carbonyl (C=O) groups is 1. The zero-order valence-electron chi connectivity index (χ0n) is 10.3. The second kappa shape index (κ2) is 6.68. The molecule has 0 aliphatic carbocycles. The van der Waals surface area contributed by atoms with E-state index in [0.29, 0.717) is 5.56 Å². The predicted octanol–water partition coefficient (Wildman–Crippen LogP) is 4.63. The van der Waals surface area contributed by atoms with E-state index in [-0.39, 0.29) is 11.9 Å². The van der Waals surface area contributed by atoms with Gasteiger partial charge < -0.3 is 5.32 Å². The summed E-state index contributed by atoms with van der Waals surface area (Å²) in [5.41, 5.74) is 1.92. The number of rotatable bonds is 4. The van der Waals surface area contributed by atoms with Crippen LogP contribution in [0.25, 0.3) is 0 Å². The smallest absolute Gasteiger partial charge is 0.252 e. The molecule has 100 valence electrons. The summed E-state index contributed by atoms with van der Waals surface area (Å²) in [5.74, 6) is -0.0217. The molecule has 1 amide bonds. The number of hydrogen-bond donors (Lipinski definition) is 1. The molecule has 1 aromatic carbocycles. The molecule has 0 fully saturated rings. The number of halogens is 2. The van der Waals surface area contributed by atoms with Crippen molar-refractivity contribution in [2.45, 2.75) is 19.4 Å². The third-order valence-corrected chi connectivity index (χ3v) is 4.70. The highest BCUT2D eigenvalue weighted by Gasteiger charge is 2.11. The van der Waals surface area contributed by atoms with E-state index in [1.54, 1.807) is 0 Å². The van der Waals surface area contributed by atoms with Crippen molar-refractivity contribution in [3.63, 3.8) is 0 Å². The highest BCUT2D eigenvalue weighted by atomic mass is 79.9. The summed E-state index contributed by atoms with van der Waals surface area (Å²) in [6, 6.07) is 10.1. The molecule has 19 heavy (non-hydrogen) atoms. The Balaban J connectivity index is 1.92. The first-order valence-corrected chi connectivity index (χ1v) is 8.30. The summed E-state index contributed by atoms with van der Waals surface area (Å²) < 4.78 is 2.04. The average Bonchev–Trinajstić information content (AvgIpc) is 2.79. The maximum absolute atomic E-state index is 12.0. The lowest BCUT2D eigenvalue weighted by atomic mass is 10.1. The number of nitrogens with one attached hydrogen (secondary N) is 1. The molecule has 0 spiro atoms. The Morgan fingerprint density at radius 2 is 2.00 bits per heavy atom. The number of thiophene rings is 1. The van der Waals surface area contributed by atoms with Gasteiger partial charge in [-0.25, -0.2) is 0 Å². The van der Waals surface area contributed by atoms with Crippen molar-refractivity contribution in [1.29, 1.82) is 0 Å². The van der Waals surface area contributed by atoms with Crippen LogP contribution in [0.3, 0.4) is 0 Å². The van der Waals surface area contributed by atoms with Gasteiger partial charge >= 0.3 is 0 Å². The lowest BCUT2D eigenvalue weighted by molar-refractivity contribution is 0.0940. The third-order valence-electron chi connectivity index (χ3n) is 2.66. The fraction of sp³-hybridized carbons (Fsp3) is 0.214. The highest BCUT2D eigenvalue weighted by Crippen LogP contribution is 2.20. The molecule has 1 heterocycles. The van der Waals surface area contributed by atoms with Crippen molar-refractivity contribution < 1.29 is 4.79 Å². The van der Waals surface area contributed by atoms with Crippen molar-refractivity contribution in [1.82, 2.24) is 5.32 Å². The van der Waals surface area contributed by atoms with Gasteiger partial charge in [-0.05, 0) is 53.0 Å². The van der Waals surface area contributed by atoms with Crippen LogP contribution in [-0.4, -0.2) is 11.9 Å². The van der Waals surface area contributed by atoms with Crippen LogP contribution in [0.5, 0.6) is 0 Å². The number of carbonyl (C=O) groups excluding carboxylic acids is 1. The molecule has 5 heteroatoms. The molecular weight excluding hydrogens is 390 g/mol. The van der Waals surface area contributed by atoms with E-state index < -0.39 is 0 Å². The molecular formula is C14H13Br2NOS. The largest absolute Gasteiger partial charge is 0.349 e. The van der Waals surface area contributed by atoms with Crippen LogP contribution in [0.15, 0.2) is 44.0 Å². The first-order valence-electron chi connectivity index (χ1n) is 5.84. The van der Waals surface area contributed by atoms with Crippen LogP contribution in [0, 0.1) is 0 Å². The van der Waals surface area contributed by atoms with Gasteiger partial charge in [-0.1, -0.05) is 28.1 Å². The van der Waals surface area contributed by atoms with E-state index >= 15 is 0 Å². The van der Waals surface area contributed by atoms with Crippen LogP contribution in [0.4, 0.5) is 0 Å². The number of amides is 1. The van der Waals surface area contributed by atoms with Gasteiger partial charge in [0.2, 0.25) is 0 Å². The Morgan fingerprint density at radius 1 is 1.32 bits per heavy atom. The Labute approximate surface area is 133 Å². The zero-order valence-corrected chi connectivity index (χ0v) is 14.3. The van der Waals surface area contributed by atoms with E-state index in [1.165, 1.54) is 16.9 Å². The maximum atomic E-state index is 12.0. The quantitative estimate of drug-likeness (QED) is 0.793. The lowest BCUT2D eigenvalue weighted by Crippen LogP contribution is -2.33. The Kier molecular flexibility index (Phi) is 5.19. The maximum Gasteiger partial charge on any atom is 0.252 e. The van der Waals surface area contributed by atoms with Crippen molar-refractivity contribution >= 4 is 49.1 Å². The van der Waals surface area contributed by atoms with E-state index in [0.717, 1.165) is 14.7 Å².